The van der Waals surface area contributed by atoms with Crippen LogP contribution in [0.3, 0.4) is 0 Å². The van der Waals surface area contributed by atoms with Crippen molar-refractivity contribution in [3.05, 3.63) is 11.4 Å². The van der Waals surface area contributed by atoms with Crippen molar-refractivity contribution < 1.29 is 8.42 Å². The molecule has 0 saturated heterocycles. The molecule has 1 saturated carbocycles. The summed E-state index contributed by atoms with van der Waals surface area (Å²) < 4.78 is 24.7. The second-order valence-corrected chi connectivity index (χ2v) is 7.27. The molecule has 0 spiro atoms. The maximum absolute atomic E-state index is 11.4. The molecule has 0 aliphatic heterocycles. The van der Waals surface area contributed by atoms with E-state index in [1.807, 2.05) is 0 Å². The predicted molar refractivity (Wildman–Crippen MR) is 66.7 cm³/mol. The number of rotatable bonds is 3. The van der Waals surface area contributed by atoms with Gasteiger partial charge in [-0.25, -0.2) is 8.42 Å². The van der Waals surface area contributed by atoms with Crippen LogP contribution in [0.25, 0.3) is 0 Å². The molecule has 1 aromatic heterocycles. The van der Waals surface area contributed by atoms with E-state index in [9.17, 15) is 8.42 Å². The van der Waals surface area contributed by atoms with Crippen molar-refractivity contribution in [3.8, 4) is 0 Å². The van der Waals surface area contributed by atoms with E-state index in [4.69, 9.17) is 10.7 Å². The molecule has 4 nitrogen and oxygen atoms in total. The molecule has 2 rings (SSSR count). The summed E-state index contributed by atoms with van der Waals surface area (Å²) in [5.74, 6) is 0.624. The smallest absolute Gasteiger partial charge is 0.264 e. The summed E-state index contributed by atoms with van der Waals surface area (Å²) in [7, 11) is 1.73. The summed E-state index contributed by atoms with van der Waals surface area (Å²) in [6, 6.07) is 0. The second-order valence-electron chi connectivity index (χ2n) is 4.77. The molecule has 0 N–H and O–H groups in total. The van der Waals surface area contributed by atoms with Crippen LogP contribution in [0.4, 0.5) is 0 Å². The van der Waals surface area contributed by atoms with Crippen molar-refractivity contribution in [2.75, 3.05) is 0 Å². The largest absolute Gasteiger partial charge is 0.268 e. The number of hydrogen-bond donors (Lipinski definition) is 0. The topological polar surface area (TPSA) is 52.0 Å². The van der Waals surface area contributed by atoms with E-state index in [2.05, 4.69) is 5.10 Å². The highest BCUT2D eigenvalue weighted by molar-refractivity contribution is 8.13. The summed E-state index contributed by atoms with van der Waals surface area (Å²) in [5, 5.41) is 4.29. The van der Waals surface area contributed by atoms with Gasteiger partial charge in [0.15, 0.2) is 0 Å². The zero-order valence-corrected chi connectivity index (χ0v) is 11.7. The van der Waals surface area contributed by atoms with Crippen molar-refractivity contribution in [1.82, 2.24) is 9.78 Å². The lowest BCUT2D eigenvalue weighted by Crippen LogP contribution is -2.10. The molecule has 0 unspecified atom stereocenters. The fourth-order valence-corrected chi connectivity index (χ4v) is 4.17. The fraction of sp³-hybridized carbons (Fsp3) is 0.727. The van der Waals surface area contributed by atoms with Gasteiger partial charge < -0.3 is 0 Å². The number of aromatic nitrogens is 2. The molecular weight excluding hydrogens is 260 g/mol. The summed E-state index contributed by atoms with van der Waals surface area (Å²) in [6.45, 7) is 4.26. The molecule has 6 heteroatoms. The minimum absolute atomic E-state index is 0.178. The minimum Gasteiger partial charge on any atom is -0.268 e. The van der Waals surface area contributed by atoms with Crippen molar-refractivity contribution in [2.45, 2.75) is 51.0 Å². The van der Waals surface area contributed by atoms with Gasteiger partial charge in [-0.1, -0.05) is 12.8 Å². The Kier molecular flexibility index (Phi) is 3.50. The molecule has 1 aliphatic carbocycles. The molecule has 0 aromatic carbocycles. The van der Waals surface area contributed by atoms with Gasteiger partial charge in [0.25, 0.3) is 9.05 Å². The second kappa shape index (κ2) is 4.61. The maximum Gasteiger partial charge on any atom is 0.264 e. The Morgan fingerprint density at radius 1 is 1.35 bits per heavy atom. The third kappa shape index (κ3) is 2.65. The fourth-order valence-electron chi connectivity index (χ4n) is 2.65. The summed E-state index contributed by atoms with van der Waals surface area (Å²) in [5.41, 5.74) is 1.15. The lowest BCUT2D eigenvalue weighted by Gasteiger charge is -2.10. The van der Waals surface area contributed by atoms with Gasteiger partial charge in [-0.15, -0.1) is 0 Å². The van der Waals surface area contributed by atoms with Crippen LogP contribution in [-0.4, -0.2) is 18.2 Å². The molecule has 0 amide bonds. The van der Waals surface area contributed by atoms with Crippen LogP contribution in [0.1, 0.15) is 37.1 Å². The lowest BCUT2D eigenvalue weighted by molar-refractivity contribution is 0.421. The maximum atomic E-state index is 11.4. The Morgan fingerprint density at radius 3 is 2.41 bits per heavy atom. The molecule has 1 fully saturated rings. The Balaban J connectivity index is 2.30. The first kappa shape index (κ1) is 12.9. The van der Waals surface area contributed by atoms with Gasteiger partial charge in [0, 0.05) is 17.2 Å². The monoisotopic (exact) mass is 276 g/mol. The van der Waals surface area contributed by atoms with Gasteiger partial charge in [-0.3, -0.25) is 4.68 Å². The Bertz CT molecular complexity index is 516. The molecule has 1 heterocycles. The first-order valence-electron chi connectivity index (χ1n) is 5.88. The molecule has 96 valence electrons. The molecule has 1 aromatic rings. The molecule has 1 aliphatic rings. The SMILES string of the molecule is Cc1nn(CC2CCCC2)c(C)c1S(=O)(=O)Cl. The summed E-state index contributed by atoms with van der Waals surface area (Å²) in [6.07, 6.45) is 4.96. The van der Waals surface area contributed by atoms with Crippen molar-refractivity contribution >= 4 is 19.7 Å². The van der Waals surface area contributed by atoms with Crippen LogP contribution in [-0.2, 0) is 15.6 Å². The van der Waals surface area contributed by atoms with Gasteiger partial charge in [-0.05, 0) is 32.6 Å². The van der Waals surface area contributed by atoms with Gasteiger partial charge >= 0.3 is 0 Å². The van der Waals surface area contributed by atoms with E-state index in [-0.39, 0.29) is 4.90 Å². The zero-order valence-electron chi connectivity index (χ0n) is 10.1. The van der Waals surface area contributed by atoms with E-state index in [1.54, 1.807) is 18.5 Å². The first-order valence-corrected chi connectivity index (χ1v) is 8.19. The van der Waals surface area contributed by atoms with Crippen molar-refractivity contribution in [3.63, 3.8) is 0 Å². The lowest BCUT2D eigenvalue weighted by atomic mass is 10.1. The summed E-state index contributed by atoms with van der Waals surface area (Å²) >= 11 is 0. The highest BCUT2D eigenvalue weighted by atomic mass is 35.7. The Morgan fingerprint density at radius 2 is 1.94 bits per heavy atom. The average Bonchev–Trinajstić information content (AvgIpc) is 2.75. The van der Waals surface area contributed by atoms with E-state index >= 15 is 0 Å². The quantitative estimate of drug-likeness (QED) is 0.798. The third-order valence-corrected chi connectivity index (χ3v) is 5.01. The highest BCUT2D eigenvalue weighted by Gasteiger charge is 2.24. The van der Waals surface area contributed by atoms with Crippen LogP contribution in [0, 0.1) is 19.8 Å². The van der Waals surface area contributed by atoms with Gasteiger partial charge in [0.2, 0.25) is 0 Å². The number of nitrogens with zero attached hydrogens (tertiary/aromatic N) is 2. The van der Waals surface area contributed by atoms with Crippen molar-refractivity contribution in [1.29, 1.82) is 0 Å². The predicted octanol–water partition coefficient (Wildman–Crippen LogP) is 2.62. The van der Waals surface area contributed by atoms with E-state index in [0.717, 1.165) is 6.54 Å². The highest BCUT2D eigenvalue weighted by Crippen LogP contribution is 2.28. The van der Waals surface area contributed by atoms with Gasteiger partial charge in [0.05, 0.1) is 11.4 Å². The standard InChI is InChI=1S/C11H17ClN2O2S/c1-8-11(17(12,15)16)9(2)14(13-8)7-10-5-3-4-6-10/h10H,3-7H2,1-2H3. The third-order valence-electron chi connectivity index (χ3n) is 3.46. The van der Waals surface area contributed by atoms with Gasteiger partial charge in [-0.2, -0.15) is 5.10 Å². The molecule has 0 radical (unpaired) electrons. The summed E-state index contributed by atoms with van der Waals surface area (Å²) in [4.78, 5) is 0.178. The Labute approximate surface area is 106 Å². The van der Waals surface area contributed by atoms with Gasteiger partial charge in [0.1, 0.15) is 4.90 Å². The zero-order chi connectivity index (χ0) is 12.6. The van der Waals surface area contributed by atoms with Crippen LogP contribution in [0.2, 0.25) is 0 Å². The number of hydrogen-bond acceptors (Lipinski definition) is 3. The van der Waals surface area contributed by atoms with E-state index in [1.165, 1.54) is 25.7 Å². The number of aryl methyl sites for hydroxylation is 1. The first-order chi connectivity index (χ1) is 7.89. The molecule has 0 bridgehead atoms. The van der Waals surface area contributed by atoms with Crippen molar-refractivity contribution in [2.24, 2.45) is 5.92 Å². The number of halogens is 1. The average molecular weight is 277 g/mol. The molecular formula is C11H17ClN2O2S. The van der Waals surface area contributed by atoms with Crippen LogP contribution >= 0.6 is 10.7 Å². The van der Waals surface area contributed by atoms with E-state index in [0.29, 0.717) is 17.3 Å². The Hall–Kier alpha value is -0.550. The molecule has 17 heavy (non-hydrogen) atoms. The van der Waals surface area contributed by atoms with Crippen LogP contribution in [0.15, 0.2) is 4.90 Å². The van der Waals surface area contributed by atoms with E-state index < -0.39 is 9.05 Å². The molecule has 0 atom stereocenters. The van der Waals surface area contributed by atoms with Crippen LogP contribution < -0.4 is 0 Å². The normalized spacial score (nSPS) is 17.8. The van der Waals surface area contributed by atoms with Crippen LogP contribution in [0.5, 0.6) is 0 Å². The minimum atomic E-state index is -3.69.